The van der Waals surface area contributed by atoms with Crippen LogP contribution in [0.4, 0.5) is 5.95 Å². The predicted molar refractivity (Wildman–Crippen MR) is 71.8 cm³/mol. The highest BCUT2D eigenvalue weighted by atomic mass is 35.5. The Labute approximate surface area is 111 Å². The van der Waals surface area contributed by atoms with Gasteiger partial charge in [-0.15, -0.1) is 0 Å². The van der Waals surface area contributed by atoms with Crippen LogP contribution >= 0.6 is 11.6 Å². The predicted octanol–water partition coefficient (Wildman–Crippen LogP) is 2.39. The van der Waals surface area contributed by atoms with Crippen LogP contribution in [-0.2, 0) is 13.0 Å². The summed E-state index contributed by atoms with van der Waals surface area (Å²) in [5.74, 6) is 1.73. The molecule has 0 saturated heterocycles. The van der Waals surface area contributed by atoms with E-state index in [1.54, 1.807) is 12.4 Å². The van der Waals surface area contributed by atoms with Gasteiger partial charge in [-0.3, -0.25) is 0 Å². The molecule has 2 aromatic rings. The molecular formula is C12H16ClN5. The highest BCUT2D eigenvalue weighted by molar-refractivity contribution is 6.30. The Bertz CT molecular complexity index is 479. The van der Waals surface area contributed by atoms with Crippen LogP contribution in [0.25, 0.3) is 0 Å². The fraction of sp³-hybridized carbons (Fsp3) is 0.417. The monoisotopic (exact) mass is 265 g/mol. The van der Waals surface area contributed by atoms with E-state index in [0.717, 1.165) is 31.8 Å². The lowest BCUT2D eigenvalue weighted by Gasteiger charge is -2.07. The molecule has 0 aliphatic carbocycles. The SMILES string of the molecule is CCc1nccn1CCCNc1ncc(Cl)cn1. The Hall–Kier alpha value is -1.62. The van der Waals surface area contributed by atoms with Crippen LogP contribution < -0.4 is 5.32 Å². The highest BCUT2D eigenvalue weighted by Crippen LogP contribution is 2.05. The summed E-state index contributed by atoms with van der Waals surface area (Å²) in [6.45, 7) is 3.88. The number of rotatable bonds is 6. The summed E-state index contributed by atoms with van der Waals surface area (Å²) >= 11 is 5.71. The fourth-order valence-corrected chi connectivity index (χ4v) is 1.81. The van der Waals surface area contributed by atoms with Crippen molar-refractivity contribution in [3.63, 3.8) is 0 Å². The van der Waals surface area contributed by atoms with Crippen LogP contribution in [0.5, 0.6) is 0 Å². The van der Waals surface area contributed by atoms with E-state index in [1.165, 1.54) is 0 Å². The van der Waals surface area contributed by atoms with E-state index in [4.69, 9.17) is 11.6 Å². The van der Waals surface area contributed by atoms with E-state index < -0.39 is 0 Å². The van der Waals surface area contributed by atoms with Gasteiger partial charge in [0, 0.05) is 31.9 Å². The molecule has 0 radical (unpaired) electrons. The average molecular weight is 266 g/mol. The summed E-state index contributed by atoms with van der Waals surface area (Å²) in [5.41, 5.74) is 0. The Morgan fingerprint density at radius 1 is 1.28 bits per heavy atom. The summed E-state index contributed by atoms with van der Waals surface area (Å²) < 4.78 is 2.17. The van der Waals surface area contributed by atoms with Crippen molar-refractivity contribution in [2.24, 2.45) is 0 Å². The van der Waals surface area contributed by atoms with Gasteiger partial charge in [-0.1, -0.05) is 18.5 Å². The third kappa shape index (κ3) is 3.43. The number of halogens is 1. The Balaban J connectivity index is 1.74. The van der Waals surface area contributed by atoms with Gasteiger partial charge in [-0.05, 0) is 6.42 Å². The van der Waals surface area contributed by atoms with Crippen molar-refractivity contribution < 1.29 is 0 Å². The van der Waals surface area contributed by atoms with Gasteiger partial charge >= 0.3 is 0 Å². The first-order chi connectivity index (χ1) is 8.79. The Kier molecular flexibility index (Phi) is 4.52. The number of anilines is 1. The van der Waals surface area contributed by atoms with E-state index in [0.29, 0.717) is 11.0 Å². The van der Waals surface area contributed by atoms with Gasteiger partial charge < -0.3 is 9.88 Å². The van der Waals surface area contributed by atoms with Crippen LogP contribution in [0, 0.1) is 0 Å². The molecule has 2 heterocycles. The lowest BCUT2D eigenvalue weighted by Crippen LogP contribution is -2.09. The molecule has 0 aromatic carbocycles. The molecule has 2 aromatic heterocycles. The topological polar surface area (TPSA) is 55.6 Å². The smallest absolute Gasteiger partial charge is 0.222 e. The zero-order valence-electron chi connectivity index (χ0n) is 10.3. The number of nitrogens with zero attached hydrogens (tertiary/aromatic N) is 4. The molecule has 96 valence electrons. The van der Waals surface area contributed by atoms with Crippen LogP contribution in [0.15, 0.2) is 24.8 Å². The zero-order valence-corrected chi connectivity index (χ0v) is 11.1. The second-order valence-corrected chi connectivity index (χ2v) is 4.33. The van der Waals surface area contributed by atoms with E-state index in [1.807, 2.05) is 12.4 Å². The minimum absolute atomic E-state index is 0.548. The molecule has 0 bridgehead atoms. The van der Waals surface area contributed by atoms with Crippen LogP contribution in [0.1, 0.15) is 19.2 Å². The fourth-order valence-electron chi connectivity index (χ4n) is 1.71. The maximum atomic E-state index is 5.71. The Morgan fingerprint density at radius 2 is 2.06 bits per heavy atom. The molecule has 0 fully saturated rings. The van der Waals surface area contributed by atoms with E-state index in [9.17, 15) is 0 Å². The lowest BCUT2D eigenvalue weighted by molar-refractivity contribution is 0.628. The number of aryl methyl sites for hydroxylation is 2. The quantitative estimate of drug-likeness (QED) is 0.815. The summed E-state index contributed by atoms with van der Waals surface area (Å²) in [6, 6.07) is 0. The van der Waals surface area contributed by atoms with Crippen molar-refractivity contribution in [2.45, 2.75) is 26.3 Å². The first kappa shape index (κ1) is 12.8. The molecule has 0 atom stereocenters. The maximum Gasteiger partial charge on any atom is 0.222 e. The first-order valence-electron chi connectivity index (χ1n) is 6.01. The third-order valence-electron chi connectivity index (χ3n) is 2.60. The average Bonchev–Trinajstić information content (AvgIpc) is 2.84. The zero-order chi connectivity index (χ0) is 12.8. The van der Waals surface area contributed by atoms with Crippen molar-refractivity contribution >= 4 is 17.5 Å². The minimum Gasteiger partial charge on any atom is -0.354 e. The lowest BCUT2D eigenvalue weighted by atomic mass is 10.4. The van der Waals surface area contributed by atoms with Crippen molar-refractivity contribution in [1.29, 1.82) is 0 Å². The van der Waals surface area contributed by atoms with E-state index in [2.05, 4.69) is 31.8 Å². The number of nitrogens with one attached hydrogen (secondary N) is 1. The number of hydrogen-bond acceptors (Lipinski definition) is 4. The van der Waals surface area contributed by atoms with E-state index in [-0.39, 0.29) is 0 Å². The van der Waals surface area contributed by atoms with Gasteiger partial charge in [0.2, 0.25) is 5.95 Å². The molecule has 0 saturated carbocycles. The molecule has 0 spiro atoms. The van der Waals surface area contributed by atoms with Crippen LogP contribution in [0.2, 0.25) is 5.02 Å². The number of hydrogen-bond donors (Lipinski definition) is 1. The van der Waals surface area contributed by atoms with Crippen molar-refractivity contribution in [3.8, 4) is 0 Å². The molecule has 0 unspecified atom stereocenters. The summed E-state index contributed by atoms with van der Waals surface area (Å²) in [6.07, 6.45) is 8.98. The summed E-state index contributed by atoms with van der Waals surface area (Å²) in [5, 5.41) is 3.70. The molecule has 18 heavy (non-hydrogen) atoms. The molecule has 5 nitrogen and oxygen atoms in total. The molecule has 6 heteroatoms. The normalized spacial score (nSPS) is 10.6. The molecular weight excluding hydrogens is 250 g/mol. The van der Waals surface area contributed by atoms with Gasteiger partial charge in [0.1, 0.15) is 5.82 Å². The number of imidazole rings is 1. The van der Waals surface area contributed by atoms with Gasteiger partial charge in [0.25, 0.3) is 0 Å². The molecule has 0 amide bonds. The standard InChI is InChI=1S/C12H16ClN5/c1-2-11-14-5-7-18(11)6-3-4-15-12-16-8-10(13)9-17-12/h5,7-9H,2-4,6H2,1H3,(H,15,16,17). The summed E-state index contributed by atoms with van der Waals surface area (Å²) in [4.78, 5) is 12.4. The highest BCUT2D eigenvalue weighted by Gasteiger charge is 2.00. The second-order valence-electron chi connectivity index (χ2n) is 3.90. The Morgan fingerprint density at radius 3 is 2.78 bits per heavy atom. The molecule has 1 N–H and O–H groups in total. The van der Waals surface area contributed by atoms with E-state index >= 15 is 0 Å². The van der Waals surface area contributed by atoms with Crippen molar-refractivity contribution in [3.05, 3.63) is 35.6 Å². The molecule has 0 aliphatic rings. The van der Waals surface area contributed by atoms with Gasteiger partial charge in [0.15, 0.2) is 0 Å². The van der Waals surface area contributed by atoms with Gasteiger partial charge in [-0.2, -0.15) is 0 Å². The summed E-state index contributed by atoms with van der Waals surface area (Å²) in [7, 11) is 0. The van der Waals surface area contributed by atoms with Crippen molar-refractivity contribution in [1.82, 2.24) is 19.5 Å². The maximum absolute atomic E-state index is 5.71. The first-order valence-corrected chi connectivity index (χ1v) is 6.39. The minimum atomic E-state index is 0.548. The second kappa shape index (κ2) is 6.35. The van der Waals surface area contributed by atoms with Gasteiger partial charge in [0.05, 0.1) is 17.4 Å². The largest absolute Gasteiger partial charge is 0.354 e. The molecule has 2 rings (SSSR count). The molecule has 0 aliphatic heterocycles. The number of aromatic nitrogens is 4. The third-order valence-corrected chi connectivity index (χ3v) is 2.79. The van der Waals surface area contributed by atoms with Crippen LogP contribution in [-0.4, -0.2) is 26.1 Å². The van der Waals surface area contributed by atoms with Crippen molar-refractivity contribution in [2.75, 3.05) is 11.9 Å². The van der Waals surface area contributed by atoms with Gasteiger partial charge in [-0.25, -0.2) is 15.0 Å². The van der Waals surface area contributed by atoms with Crippen LogP contribution in [0.3, 0.4) is 0 Å².